The maximum atomic E-state index is 13.2. The Bertz CT molecular complexity index is 1040. The van der Waals surface area contributed by atoms with Gasteiger partial charge in [0, 0.05) is 18.6 Å². The highest BCUT2D eigenvalue weighted by atomic mass is 19.4. The summed E-state index contributed by atoms with van der Waals surface area (Å²) in [6, 6.07) is 13.5. The molecular formula is C25H23F3O5. The molecule has 33 heavy (non-hydrogen) atoms. The third-order valence-electron chi connectivity index (χ3n) is 5.16. The molecule has 0 saturated heterocycles. The number of methoxy groups -OCH3 is 1. The van der Waals surface area contributed by atoms with Gasteiger partial charge in [0.05, 0.1) is 18.8 Å². The number of carbonyl (C=O) groups is 2. The van der Waals surface area contributed by atoms with Crippen molar-refractivity contribution in [2.45, 2.75) is 25.8 Å². The van der Waals surface area contributed by atoms with Crippen molar-refractivity contribution in [3.8, 4) is 5.75 Å². The lowest BCUT2D eigenvalue weighted by Gasteiger charge is -2.29. The molecule has 0 saturated carbocycles. The number of hydrogen-bond donors (Lipinski definition) is 0. The van der Waals surface area contributed by atoms with E-state index in [1.807, 2.05) is 0 Å². The molecule has 2 atom stereocenters. The zero-order valence-electron chi connectivity index (χ0n) is 18.1. The van der Waals surface area contributed by atoms with Crippen molar-refractivity contribution < 1.29 is 37.0 Å². The lowest BCUT2D eigenvalue weighted by atomic mass is 9.80. The van der Waals surface area contributed by atoms with E-state index in [1.165, 1.54) is 31.4 Å². The van der Waals surface area contributed by atoms with Crippen molar-refractivity contribution in [2.75, 3.05) is 13.7 Å². The van der Waals surface area contributed by atoms with E-state index in [1.54, 1.807) is 49.4 Å². The van der Waals surface area contributed by atoms with Gasteiger partial charge in [0.25, 0.3) is 0 Å². The molecule has 0 heterocycles. The van der Waals surface area contributed by atoms with Gasteiger partial charge in [-0.15, -0.1) is 13.2 Å². The van der Waals surface area contributed by atoms with E-state index in [0.717, 1.165) is 0 Å². The van der Waals surface area contributed by atoms with Gasteiger partial charge in [-0.1, -0.05) is 48.5 Å². The van der Waals surface area contributed by atoms with Crippen LogP contribution in [-0.4, -0.2) is 31.6 Å². The number of ether oxygens (including phenoxy) is 3. The minimum atomic E-state index is -4.80. The molecule has 0 amide bonds. The van der Waals surface area contributed by atoms with Crippen molar-refractivity contribution in [1.82, 2.24) is 0 Å². The molecule has 3 rings (SSSR count). The molecule has 5 nitrogen and oxygen atoms in total. The number of rotatable bonds is 9. The van der Waals surface area contributed by atoms with Crippen molar-refractivity contribution in [3.63, 3.8) is 0 Å². The van der Waals surface area contributed by atoms with Crippen LogP contribution in [0.15, 0.2) is 78.1 Å². The van der Waals surface area contributed by atoms with Crippen LogP contribution < -0.4 is 4.74 Å². The first kappa shape index (κ1) is 24.3. The Morgan fingerprint density at radius 2 is 1.70 bits per heavy atom. The summed E-state index contributed by atoms with van der Waals surface area (Å²) in [7, 11) is 1.48. The molecule has 1 aliphatic carbocycles. The Kier molecular flexibility index (Phi) is 7.71. The maximum absolute atomic E-state index is 13.2. The molecular weight excluding hydrogens is 437 g/mol. The summed E-state index contributed by atoms with van der Waals surface area (Å²) < 4.78 is 52.6. The molecule has 0 radical (unpaired) electrons. The van der Waals surface area contributed by atoms with Gasteiger partial charge in [-0.25, -0.2) is 0 Å². The number of alkyl halides is 3. The normalized spacial score (nSPS) is 16.9. The minimum Gasteiger partial charge on any atom is -0.501 e. The van der Waals surface area contributed by atoms with Crippen molar-refractivity contribution >= 4 is 11.6 Å². The highest BCUT2D eigenvalue weighted by Crippen LogP contribution is 2.38. The molecule has 0 aliphatic heterocycles. The molecule has 2 aromatic rings. The lowest BCUT2D eigenvalue weighted by molar-refractivity contribution is -0.274. The van der Waals surface area contributed by atoms with Gasteiger partial charge in [-0.3, -0.25) is 9.59 Å². The fourth-order valence-corrected chi connectivity index (χ4v) is 3.64. The van der Waals surface area contributed by atoms with Gasteiger partial charge in [0.2, 0.25) is 11.6 Å². The maximum Gasteiger partial charge on any atom is 0.573 e. The first-order valence-corrected chi connectivity index (χ1v) is 10.3. The molecule has 2 aromatic carbocycles. The highest BCUT2D eigenvalue weighted by Gasteiger charge is 2.36. The Balaban J connectivity index is 1.95. The van der Waals surface area contributed by atoms with Gasteiger partial charge in [-0.05, 0) is 36.3 Å². The third kappa shape index (κ3) is 6.10. The molecule has 8 heteroatoms. The summed E-state index contributed by atoms with van der Waals surface area (Å²) in [5.41, 5.74) is 1.32. The van der Waals surface area contributed by atoms with Crippen LogP contribution in [0.3, 0.4) is 0 Å². The smallest absolute Gasteiger partial charge is 0.501 e. The number of benzene rings is 2. The summed E-state index contributed by atoms with van der Waals surface area (Å²) in [5.74, 6) is -1.93. The number of carbonyl (C=O) groups excluding carboxylic acids is 2. The Morgan fingerprint density at radius 1 is 1.03 bits per heavy atom. The predicted molar refractivity (Wildman–Crippen MR) is 115 cm³/mol. The Hall–Kier alpha value is -3.39. The number of Topliss-reactive ketones (excluding diaryl/α,β-unsaturated/α-hetero) is 2. The fourth-order valence-electron chi connectivity index (χ4n) is 3.64. The molecule has 0 N–H and O–H groups in total. The van der Waals surface area contributed by atoms with Crippen LogP contribution in [0.1, 0.15) is 35.4 Å². The monoisotopic (exact) mass is 460 g/mol. The van der Waals surface area contributed by atoms with Crippen molar-refractivity contribution in [1.29, 1.82) is 0 Å². The van der Waals surface area contributed by atoms with Gasteiger partial charge < -0.3 is 14.2 Å². The van der Waals surface area contributed by atoms with E-state index >= 15 is 0 Å². The summed E-state index contributed by atoms with van der Waals surface area (Å²) in [6.45, 7) is 2.04. The first-order chi connectivity index (χ1) is 15.7. The first-order valence-electron chi connectivity index (χ1n) is 10.3. The number of ketones is 2. The second-order valence-electron chi connectivity index (χ2n) is 7.27. The molecule has 0 spiro atoms. The van der Waals surface area contributed by atoms with E-state index < -0.39 is 30.0 Å². The molecule has 0 bridgehead atoms. The SMILES string of the molecule is CCOC(C1=CC=C(OC)CC1C(=O)C(=O)c1ccccc1)c1ccc(OC(F)(F)F)cc1. The van der Waals surface area contributed by atoms with Crippen LogP contribution in [0, 0.1) is 5.92 Å². The van der Waals surface area contributed by atoms with Crippen LogP contribution in [0.25, 0.3) is 0 Å². The Labute approximate surface area is 189 Å². The molecule has 2 unspecified atom stereocenters. The van der Waals surface area contributed by atoms with Crippen LogP contribution in [0.2, 0.25) is 0 Å². The largest absolute Gasteiger partial charge is 0.573 e. The highest BCUT2D eigenvalue weighted by molar-refractivity contribution is 6.44. The van der Waals surface area contributed by atoms with E-state index in [-0.39, 0.29) is 24.3 Å². The van der Waals surface area contributed by atoms with Gasteiger partial charge >= 0.3 is 6.36 Å². The topological polar surface area (TPSA) is 61.8 Å². The zero-order chi connectivity index (χ0) is 24.0. The van der Waals surface area contributed by atoms with E-state index in [4.69, 9.17) is 9.47 Å². The van der Waals surface area contributed by atoms with Crippen molar-refractivity contribution in [2.24, 2.45) is 5.92 Å². The molecule has 0 aromatic heterocycles. The zero-order valence-corrected chi connectivity index (χ0v) is 18.1. The van der Waals surface area contributed by atoms with Crippen LogP contribution in [0.4, 0.5) is 13.2 Å². The van der Waals surface area contributed by atoms with E-state index in [9.17, 15) is 22.8 Å². The van der Waals surface area contributed by atoms with Gasteiger partial charge in [-0.2, -0.15) is 0 Å². The van der Waals surface area contributed by atoms with E-state index in [0.29, 0.717) is 16.9 Å². The average Bonchev–Trinajstić information content (AvgIpc) is 2.81. The summed E-state index contributed by atoms with van der Waals surface area (Å²) in [6.07, 6.45) is -2.02. The number of hydrogen-bond acceptors (Lipinski definition) is 5. The minimum absolute atomic E-state index is 0.165. The molecule has 0 fully saturated rings. The van der Waals surface area contributed by atoms with E-state index in [2.05, 4.69) is 4.74 Å². The second kappa shape index (κ2) is 10.5. The summed E-state index contributed by atoms with van der Waals surface area (Å²) in [5, 5.41) is 0. The number of halogens is 3. The lowest BCUT2D eigenvalue weighted by Crippen LogP contribution is -2.30. The predicted octanol–water partition coefficient (Wildman–Crippen LogP) is 5.59. The van der Waals surface area contributed by atoms with Gasteiger partial charge in [0.1, 0.15) is 11.9 Å². The fraction of sp³-hybridized carbons (Fsp3) is 0.280. The summed E-state index contributed by atoms with van der Waals surface area (Å²) >= 11 is 0. The third-order valence-corrected chi connectivity index (χ3v) is 5.16. The average molecular weight is 460 g/mol. The molecule has 174 valence electrons. The standard InChI is InChI=1S/C25H23F3O5/c1-3-32-24(17-9-11-18(12-10-17)33-25(26,27)28)20-14-13-19(31-2)15-21(20)23(30)22(29)16-7-5-4-6-8-16/h4-14,21,24H,3,15H2,1-2H3. The quantitative estimate of drug-likeness (QED) is 0.361. The summed E-state index contributed by atoms with van der Waals surface area (Å²) in [4.78, 5) is 26.1. The van der Waals surface area contributed by atoms with Gasteiger partial charge in [0.15, 0.2) is 0 Å². The van der Waals surface area contributed by atoms with Crippen LogP contribution >= 0.6 is 0 Å². The van der Waals surface area contributed by atoms with Crippen LogP contribution in [0.5, 0.6) is 5.75 Å². The van der Waals surface area contributed by atoms with Crippen molar-refractivity contribution in [3.05, 3.63) is 89.2 Å². The van der Waals surface area contributed by atoms with Crippen LogP contribution in [-0.2, 0) is 14.3 Å². The number of allylic oxidation sites excluding steroid dienone is 3. The molecule has 1 aliphatic rings. The Morgan fingerprint density at radius 3 is 2.27 bits per heavy atom. The second-order valence-corrected chi connectivity index (χ2v) is 7.27.